The van der Waals surface area contributed by atoms with Crippen LogP contribution >= 0.6 is 0 Å². The van der Waals surface area contributed by atoms with Gasteiger partial charge in [0, 0.05) is 24.2 Å². The van der Waals surface area contributed by atoms with E-state index in [0.717, 1.165) is 11.3 Å². The van der Waals surface area contributed by atoms with E-state index in [1.807, 2.05) is 24.3 Å². The van der Waals surface area contributed by atoms with E-state index < -0.39 is 0 Å². The molecular weight excluding hydrogens is 276 g/mol. The molecule has 1 amide bonds. The van der Waals surface area contributed by atoms with Gasteiger partial charge in [-0.25, -0.2) is 0 Å². The molecule has 0 aliphatic heterocycles. The van der Waals surface area contributed by atoms with Gasteiger partial charge in [0.15, 0.2) is 0 Å². The van der Waals surface area contributed by atoms with E-state index in [0.29, 0.717) is 16.9 Å². The molecule has 3 aromatic rings. The first-order valence-electron chi connectivity index (χ1n) is 6.76. The third-order valence-corrected chi connectivity index (χ3v) is 3.19. The number of nitrogens with one attached hydrogen (secondary N) is 1. The zero-order chi connectivity index (χ0) is 15.4. The van der Waals surface area contributed by atoms with Gasteiger partial charge < -0.3 is 11.1 Å². The minimum atomic E-state index is -0.247. The number of pyridine rings is 2. The lowest BCUT2D eigenvalue weighted by atomic mass is 10.1. The minimum absolute atomic E-state index is 0.247. The molecule has 0 unspecified atom stereocenters. The van der Waals surface area contributed by atoms with Crippen LogP contribution in [0.5, 0.6) is 0 Å². The van der Waals surface area contributed by atoms with Crippen LogP contribution in [-0.4, -0.2) is 15.9 Å². The van der Waals surface area contributed by atoms with Crippen molar-refractivity contribution in [1.82, 2.24) is 9.97 Å². The highest BCUT2D eigenvalue weighted by Crippen LogP contribution is 2.19. The maximum absolute atomic E-state index is 12.2. The van der Waals surface area contributed by atoms with E-state index in [2.05, 4.69) is 15.3 Å². The molecule has 1 aromatic carbocycles. The molecule has 2 heterocycles. The van der Waals surface area contributed by atoms with Crippen LogP contribution in [0.4, 0.5) is 11.4 Å². The fourth-order valence-electron chi connectivity index (χ4n) is 2.02. The van der Waals surface area contributed by atoms with Crippen LogP contribution in [-0.2, 0) is 0 Å². The summed E-state index contributed by atoms with van der Waals surface area (Å²) < 4.78 is 0. The quantitative estimate of drug-likeness (QED) is 0.727. The Morgan fingerprint density at radius 2 is 1.86 bits per heavy atom. The molecule has 0 aliphatic rings. The molecule has 0 radical (unpaired) electrons. The second kappa shape index (κ2) is 6.05. The van der Waals surface area contributed by atoms with Gasteiger partial charge in [0.25, 0.3) is 5.91 Å². The second-order valence-corrected chi connectivity index (χ2v) is 4.72. The average molecular weight is 290 g/mol. The van der Waals surface area contributed by atoms with Gasteiger partial charge >= 0.3 is 0 Å². The van der Waals surface area contributed by atoms with Gasteiger partial charge in [0.1, 0.15) is 0 Å². The summed E-state index contributed by atoms with van der Waals surface area (Å²) in [5.74, 6) is -0.247. The van der Waals surface area contributed by atoms with E-state index in [1.165, 1.54) is 6.20 Å². The Labute approximate surface area is 127 Å². The number of carbonyl (C=O) groups excluding carboxylic acids is 1. The molecule has 3 N–H and O–H groups in total. The zero-order valence-corrected chi connectivity index (χ0v) is 11.7. The molecular formula is C17H14N4O. The lowest BCUT2D eigenvalue weighted by Gasteiger charge is -2.08. The number of nitrogens with zero attached hydrogens (tertiary/aromatic N) is 2. The van der Waals surface area contributed by atoms with Crippen molar-refractivity contribution >= 4 is 17.3 Å². The van der Waals surface area contributed by atoms with Gasteiger partial charge in [-0.15, -0.1) is 0 Å². The predicted molar refractivity (Wildman–Crippen MR) is 86.3 cm³/mol. The number of nitrogen functional groups attached to an aromatic ring is 1. The number of para-hydroxylation sites is 2. The van der Waals surface area contributed by atoms with Crippen molar-refractivity contribution in [2.24, 2.45) is 0 Å². The summed E-state index contributed by atoms with van der Waals surface area (Å²) in [6, 6.07) is 14.4. The van der Waals surface area contributed by atoms with Gasteiger partial charge in [-0.3, -0.25) is 14.8 Å². The van der Waals surface area contributed by atoms with Crippen LogP contribution in [0.15, 0.2) is 67.1 Å². The number of nitrogens with two attached hydrogens (primary N) is 1. The number of anilines is 2. The summed E-state index contributed by atoms with van der Waals surface area (Å²) in [6.07, 6.45) is 4.97. The van der Waals surface area contributed by atoms with Crippen molar-refractivity contribution in [3.8, 4) is 11.3 Å². The third-order valence-electron chi connectivity index (χ3n) is 3.19. The van der Waals surface area contributed by atoms with Crippen molar-refractivity contribution in [1.29, 1.82) is 0 Å². The number of amides is 1. The number of hydrogen-bond acceptors (Lipinski definition) is 4. The maximum Gasteiger partial charge on any atom is 0.257 e. The van der Waals surface area contributed by atoms with E-state index in [-0.39, 0.29) is 5.91 Å². The Hall–Kier alpha value is -3.21. The smallest absolute Gasteiger partial charge is 0.257 e. The zero-order valence-electron chi connectivity index (χ0n) is 11.7. The first-order chi connectivity index (χ1) is 10.7. The monoisotopic (exact) mass is 290 g/mol. The number of hydrogen-bond donors (Lipinski definition) is 2. The standard InChI is InChI=1S/C17H14N4O/c18-14-5-1-2-6-16(14)21-17(22)13-7-8-15(20-11-13)12-4-3-9-19-10-12/h1-11H,18H2,(H,21,22). The van der Waals surface area contributed by atoms with Crippen LogP contribution in [0.25, 0.3) is 11.3 Å². The maximum atomic E-state index is 12.2. The van der Waals surface area contributed by atoms with Crippen LogP contribution in [0.2, 0.25) is 0 Å². The highest BCUT2D eigenvalue weighted by molar-refractivity contribution is 6.05. The van der Waals surface area contributed by atoms with Gasteiger partial charge in [-0.05, 0) is 36.4 Å². The Bertz CT molecular complexity index is 785. The molecule has 0 aliphatic carbocycles. The summed E-state index contributed by atoms with van der Waals surface area (Å²) in [7, 11) is 0. The van der Waals surface area contributed by atoms with Gasteiger partial charge in [0.2, 0.25) is 0 Å². The Balaban J connectivity index is 1.78. The normalized spacial score (nSPS) is 10.2. The molecule has 0 saturated carbocycles. The summed E-state index contributed by atoms with van der Waals surface area (Å²) in [5.41, 5.74) is 9.06. The van der Waals surface area contributed by atoms with Crippen molar-refractivity contribution < 1.29 is 4.79 Å². The highest BCUT2D eigenvalue weighted by atomic mass is 16.1. The lowest BCUT2D eigenvalue weighted by Crippen LogP contribution is -2.13. The second-order valence-electron chi connectivity index (χ2n) is 4.72. The molecule has 0 saturated heterocycles. The van der Waals surface area contributed by atoms with E-state index in [4.69, 9.17) is 5.73 Å². The largest absolute Gasteiger partial charge is 0.397 e. The molecule has 0 fully saturated rings. The number of rotatable bonds is 3. The molecule has 108 valence electrons. The summed E-state index contributed by atoms with van der Waals surface area (Å²) in [6.45, 7) is 0. The number of benzene rings is 1. The van der Waals surface area contributed by atoms with Crippen molar-refractivity contribution in [2.45, 2.75) is 0 Å². The summed E-state index contributed by atoms with van der Waals surface area (Å²) >= 11 is 0. The Morgan fingerprint density at radius 1 is 1.00 bits per heavy atom. The number of aromatic nitrogens is 2. The average Bonchev–Trinajstić information content (AvgIpc) is 2.58. The molecule has 0 bridgehead atoms. The Kier molecular flexibility index (Phi) is 3.78. The lowest BCUT2D eigenvalue weighted by molar-refractivity contribution is 0.102. The third kappa shape index (κ3) is 2.93. The van der Waals surface area contributed by atoms with Crippen LogP contribution < -0.4 is 11.1 Å². The highest BCUT2D eigenvalue weighted by Gasteiger charge is 2.09. The minimum Gasteiger partial charge on any atom is -0.397 e. The van der Waals surface area contributed by atoms with Gasteiger partial charge in [-0.2, -0.15) is 0 Å². The molecule has 3 rings (SSSR count). The van der Waals surface area contributed by atoms with Crippen LogP contribution in [0.1, 0.15) is 10.4 Å². The first-order valence-corrected chi connectivity index (χ1v) is 6.76. The van der Waals surface area contributed by atoms with E-state index in [1.54, 1.807) is 36.7 Å². The molecule has 0 spiro atoms. The molecule has 5 heteroatoms. The van der Waals surface area contributed by atoms with Crippen LogP contribution in [0.3, 0.4) is 0 Å². The SMILES string of the molecule is Nc1ccccc1NC(=O)c1ccc(-c2cccnc2)nc1. The molecule has 22 heavy (non-hydrogen) atoms. The topological polar surface area (TPSA) is 80.9 Å². The van der Waals surface area contributed by atoms with E-state index in [9.17, 15) is 4.79 Å². The first kappa shape index (κ1) is 13.8. The van der Waals surface area contributed by atoms with Crippen molar-refractivity contribution in [3.05, 3.63) is 72.7 Å². The summed E-state index contributed by atoms with van der Waals surface area (Å²) in [5, 5.41) is 2.77. The van der Waals surface area contributed by atoms with Crippen molar-refractivity contribution in [2.75, 3.05) is 11.1 Å². The van der Waals surface area contributed by atoms with Gasteiger partial charge in [-0.1, -0.05) is 12.1 Å². The van der Waals surface area contributed by atoms with Crippen molar-refractivity contribution in [3.63, 3.8) is 0 Å². The molecule has 2 aromatic heterocycles. The predicted octanol–water partition coefficient (Wildman–Crippen LogP) is 2.98. The molecule has 0 atom stereocenters. The van der Waals surface area contributed by atoms with Crippen LogP contribution in [0, 0.1) is 0 Å². The fraction of sp³-hybridized carbons (Fsp3) is 0. The fourth-order valence-corrected chi connectivity index (χ4v) is 2.02. The van der Waals surface area contributed by atoms with Gasteiger partial charge in [0.05, 0.1) is 22.6 Å². The summed E-state index contributed by atoms with van der Waals surface area (Å²) in [4.78, 5) is 20.5. The molecule has 5 nitrogen and oxygen atoms in total. The number of carbonyl (C=O) groups is 1. The van der Waals surface area contributed by atoms with E-state index >= 15 is 0 Å². The Morgan fingerprint density at radius 3 is 2.55 bits per heavy atom.